The van der Waals surface area contributed by atoms with Crippen LogP contribution >= 0.6 is 11.8 Å². The molecule has 6 heteroatoms. The minimum absolute atomic E-state index is 0.327. The minimum atomic E-state index is -0.524. The molecular formula is C15H16N4OS. The number of benzene rings is 1. The molecule has 0 saturated carbocycles. The molecule has 0 fully saturated rings. The molecule has 0 aliphatic rings. The maximum Gasteiger partial charge on any atom is 0.189 e. The van der Waals surface area contributed by atoms with Crippen LogP contribution in [0.15, 0.2) is 35.5 Å². The maximum absolute atomic E-state index is 9.45. The van der Waals surface area contributed by atoms with E-state index in [1.807, 2.05) is 36.6 Å². The van der Waals surface area contributed by atoms with Crippen molar-refractivity contribution < 1.29 is 5.11 Å². The van der Waals surface area contributed by atoms with Crippen molar-refractivity contribution in [2.24, 2.45) is 0 Å². The zero-order valence-corrected chi connectivity index (χ0v) is 12.7. The molecule has 108 valence electrons. The zero-order chi connectivity index (χ0) is 15.2. The van der Waals surface area contributed by atoms with E-state index in [9.17, 15) is 10.4 Å². The summed E-state index contributed by atoms with van der Waals surface area (Å²) in [4.78, 5) is 8.77. The predicted octanol–water partition coefficient (Wildman–Crippen LogP) is 2.53. The van der Waals surface area contributed by atoms with Gasteiger partial charge in [0.15, 0.2) is 5.16 Å². The van der Waals surface area contributed by atoms with E-state index in [0.717, 1.165) is 5.56 Å². The number of hydrogen-bond donors (Lipinski definition) is 2. The molecule has 0 radical (unpaired) electrons. The number of nitriles is 1. The molecule has 0 aliphatic carbocycles. The van der Waals surface area contributed by atoms with Crippen molar-refractivity contribution >= 4 is 17.6 Å². The lowest BCUT2D eigenvalue weighted by molar-refractivity contribution is 0.208. The molecule has 0 saturated heterocycles. The first-order chi connectivity index (χ1) is 10.2. The van der Waals surface area contributed by atoms with E-state index in [0.29, 0.717) is 28.8 Å². The number of aliphatic hydroxyl groups is 1. The van der Waals surface area contributed by atoms with Gasteiger partial charge < -0.3 is 10.4 Å². The highest BCUT2D eigenvalue weighted by Gasteiger charge is 2.15. The van der Waals surface area contributed by atoms with Crippen LogP contribution in [0.1, 0.15) is 12.5 Å². The lowest BCUT2D eigenvalue weighted by Gasteiger charge is -2.13. The van der Waals surface area contributed by atoms with Crippen LogP contribution in [-0.4, -0.2) is 34.0 Å². The monoisotopic (exact) mass is 300 g/mol. The van der Waals surface area contributed by atoms with Gasteiger partial charge in [-0.3, -0.25) is 0 Å². The second-order valence-electron chi connectivity index (χ2n) is 4.49. The average molecular weight is 300 g/mol. The van der Waals surface area contributed by atoms with Crippen LogP contribution in [0.2, 0.25) is 0 Å². The third-order valence-electron chi connectivity index (χ3n) is 2.80. The lowest BCUT2D eigenvalue weighted by Crippen LogP contribution is -2.17. The number of nitrogens with one attached hydrogen (secondary N) is 1. The number of hydrogen-bond acceptors (Lipinski definition) is 6. The van der Waals surface area contributed by atoms with Gasteiger partial charge >= 0.3 is 0 Å². The summed E-state index contributed by atoms with van der Waals surface area (Å²) in [5.74, 6) is 0.455. The van der Waals surface area contributed by atoms with Crippen LogP contribution in [0.25, 0.3) is 11.3 Å². The summed E-state index contributed by atoms with van der Waals surface area (Å²) in [6.45, 7) is 2.00. The van der Waals surface area contributed by atoms with Crippen molar-refractivity contribution in [3.8, 4) is 17.3 Å². The van der Waals surface area contributed by atoms with Crippen molar-refractivity contribution in [2.45, 2.75) is 18.2 Å². The van der Waals surface area contributed by atoms with Crippen molar-refractivity contribution in [1.82, 2.24) is 9.97 Å². The van der Waals surface area contributed by atoms with Gasteiger partial charge in [0.2, 0.25) is 0 Å². The first kappa shape index (κ1) is 15.3. The highest BCUT2D eigenvalue weighted by molar-refractivity contribution is 7.98. The molecule has 2 N–H and O–H groups in total. The first-order valence-electron chi connectivity index (χ1n) is 6.49. The zero-order valence-electron chi connectivity index (χ0n) is 11.9. The highest BCUT2D eigenvalue weighted by Crippen LogP contribution is 2.28. The number of aliphatic hydroxyl groups excluding tert-OH is 1. The summed E-state index contributed by atoms with van der Waals surface area (Å²) >= 11 is 1.41. The molecular weight excluding hydrogens is 284 g/mol. The Morgan fingerprint density at radius 1 is 1.33 bits per heavy atom. The van der Waals surface area contributed by atoms with E-state index in [1.54, 1.807) is 6.92 Å². The summed E-state index contributed by atoms with van der Waals surface area (Å²) in [6.07, 6.45) is 1.36. The molecule has 1 heterocycles. The second-order valence-corrected chi connectivity index (χ2v) is 5.26. The van der Waals surface area contributed by atoms with Crippen molar-refractivity contribution in [2.75, 3.05) is 18.1 Å². The molecule has 2 aromatic rings. The smallest absolute Gasteiger partial charge is 0.189 e. The molecule has 0 amide bonds. The van der Waals surface area contributed by atoms with Crippen LogP contribution in [0.4, 0.5) is 5.82 Å². The Morgan fingerprint density at radius 2 is 2.05 bits per heavy atom. The molecule has 1 aromatic carbocycles. The topological polar surface area (TPSA) is 81.8 Å². The normalized spacial score (nSPS) is 11.7. The Morgan fingerprint density at radius 3 is 2.62 bits per heavy atom. The third kappa shape index (κ3) is 3.72. The first-order valence-corrected chi connectivity index (χ1v) is 7.71. The summed E-state index contributed by atoms with van der Waals surface area (Å²) in [7, 11) is 0. The summed E-state index contributed by atoms with van der Waals surface area (Å²) in [6, 6.07) is 11.7. The van der Waals surface area contributed by atoms with Crippen molar-refractivity contribution in [1.29, 1.82) is 5.26 Å². The Bertz CT molecular complexity index is 653. The van der Waals surface area contributed by atoms with Gasteiger partial charge in [-0.1, -0.05) is 42.1 Å². The van der Waals surface area contributed by atoms with Gasteiger partial charge in [-0.15, -0.1) is 0 Å². The maximum atomic E-state index is 9.45. The van der Waals surface area contributed by atoms with Gasteiger partial charge in [0.05, 0.1) is 11.8 Å². The molecule has 1 atom stereocenters. The number of nitrogens with zero attached hydrogens (tertiary/aromatic N) is 3. The predicted molar refractivity (Wildman–Crippen MR) is 84.1 cm³/mol. The van der Waals surface area contributed by atoms with Gasteiger partial charge in [0, 0.05) is 12.1 Å². The van der Waals surface area contributed by atoms with Crippen LogP contribution in [0.5, 0.6) is 0 Å². The Kier molecular flexibility index (Phi) is 5.14. The Hall–Kier alpha value is -2.10. The SMILES string of the molecule is CSc1nc(NCC(C)O)c(C#N)c(-c2ccccc2)n1. The molecule has 2 rings (SSSR count). The fraction of sp³-hybridized carbons (Fsp3) is 0.267. The van der Waals surface area contributed by atoms with E-state index in [4.69, 9.17) is 0 Å². The van der Waals surface area contributed by atoms with Crippen LogP contribution in [0.3, 0.4) is 0 Å². The van der Waals surface area contributed by atoms with Gasteiger partial charge in [0.1, 0.15) is 17.5 Å². The molecule has 1 unspecified atom stereocenters. The number of rotatable bonds is 5. The molecule has 1 aromatic heterocycles. The van der Waals surface area contributed by atoms with Crippen LogP contribution in [-0.2, 0) is 0 Å². The number of anilines is 1. The van der Waals surface area contributed by atoms with Gasteiger partial charge in [-0.05, 0) is 13.2 Å². The Balaban J connectivity index is 2.53. The minimum Gasteiger partial charge on any atom is -0.392 e. The van der Waals surface area contributed by atoms with Gasteiger partial charge in [0.25, 0.3) is 0 Å². The van der Waals surface area contributed by atoms with Crippen LogP contribution < -0.4 is 5.32 Å². The van der Waals surface area contributed by atoms with E-state index < -0.39 is 6.10 Å². The van der Waals surface area contributed by atoms with Gasteiger partial charge in [-0.2, -0.15) is 5.26 Å². The van der Waals surface area contributed by atoms with Crippen LogP contribution in [0, 0.1) is 11.3 Å². The molecule has 0 aliphatic heterocycles. The summed E-state index contributed by atoms with van der Waals surface area (Å²) in [5.41, 5.74) is 1.86. The van der Waals surface area contributed by atoms with Crippen molar-refractivity contribution in [3.63, 3.8) is 0 Å². The third-order valence-corrected chi connectivity index (χ3v) is 3.34. The molecule has 5 nitrogen and oxygen atoms in total. The van der Waals surface area contributed by atoms with Crippen molar-refractivity contribution in [3.05, 3.63) is 35.9 Å². The molecule has 21 heavy (non-hydrogen) atoms. The highest BCUT2D eigenvalue weighted by atomic mass is 32.2. The number of thioether (sulfide) groups is 1. The summed E-state index contributed by atoms with van der Waals surface area (Å²) < 4.78 is 0. The van der Waals surface area contributed by atoms with E-state index in [-0.39, 0.29) is 0 Å². The Labute approximate surface area is 128 Å². The quantitative estimate of drug-likeness (QED) is 0.652. The standard InChI is InChI=1S/C15H16N4OS/c1-10(20)9-17-14-12(8-16)13(18-15(19-14)21-2)11-6-4-3-5-7-11/h3-7,10,20H,9H2,1-2H3,(H,17,18,19). The number of aromatic nitrogens is 2. The van der Waals surface area contributed by atoms with E-state index in [1.165, 1.54) is 11.8 Å². The fourth-order valence-corrected chi connectivity index (χ4v) is 2.18. The van der Waals surface area contributed by atoms with E-state index in [2.05, 4.69) is 21.4 Å². The summed E-state index contributed by atoms with van der Waals surface area (Å²) in [5, 5.41) is 22.4. The lowest BCUT2D eigenvalue weighted by atomic mass is 10.1. The average Bonchev–Trinajstić information content (AvgIpc) is 2.52. The molecule has 0 bridgehead atoms. The fourth-order valence-electron chi connectivity index (χ4n) is 1.81. The van der Waals surface area contributed by atoms with Gasteiger partial charge in [-0.25, -0.2) is 9.97 Å². The molecule has 0 spiro atoms. The second kappa shape index (κ2) is 7.07. The van der Waals surface area contributed by atoms with E-state index >= 15 is 0 Å². The largest absolute Gasteiger partial charge is 0.392 e.